The van der Waals surface area contributed by atoms with Crippen LogP contribution in [0.2, 0.25) is 0 Å². The van der Waals surface area contributed by atoms with E-state index < -0.39 is 5.56 Å². The maximum Gasteiger partial charge on any atom is 0.280 e. The molecular formula is C8H5N5O. The van der Waals surface area contributed by atoms with E-state index in [-0.39, 0.29) is 22.8 Å². The van der Waals surface area contributed by atoms with Crippen molar-refractivity contribution in [3.63, 3.8) is 0 Å². The molecule has 0 bridgehead atoms. The van der Waals surface area contributed by atoms with Crippen LogP contribution in [0.5, 0.6) is 0 Å². The topological polar surface area (TPSA) is 97.5 Å². The van der Waals surface area contributed by atoms with Gasteiger partial charge in [0.1, 0.15) is 5.69 Å². The Morgan fingerprint density at radius 1 is 1.50 bits per heavy atom. The van der Waals surface area contributed by atoms with E-state index >= 15 is 0 Å². The molecule has 0 saturated heterocycles. The molecule has 0 aliphatic rings. The molecule has 2 rings (SSSR count). The van der Waals surface area contributed by atoms with Crippen LogP contribution in [0.3, 0.4) is 0 Å². The molecule has 3 N–H and O–H groups in total. The van der Waals surface area contributed by atoms with Crippen molar-refractivity contribution in [3.8, 4) is 12.3 Å². The Kier molecular flexibility index (Phi) is 1.65. The number of nitrogen functional groups attached to an aromatic ring is 1. The van der Waals surface area contributed by atoms with Gasteiger partial charge in [-0.25, -0.2) is 9.97 Å². The molecule has 0 unspecified atom stereocenters. The maximum absolute atomic E-state index is 11.3. The molecule has 0 aliphatic heterocycles. The summed E-state index contributed by atoms with van der Waals surface area (Å²) in [6, 6.07) is 0. The van der Waals surface area contributed by atoms with Gasteiger partial charge in [-0.05, 0) is 5.92 Å². The van der Waals surface area contributed by atoms with Gasteiger partial charge in [0.25, 0.3) is 5.56 Å². The van der Waals surface area contributed by atoms with Crippen molar-refractivity contribution in [1.29, 1.82) is 0 Å². The SMILES string of the molecule is C#Cc1cnc2nc(N)[nH]c(=O)c2n1. The van der Waals surface area contributed by atoms with Gasteiger partial charge in [0, 0.05) is 0 Å². The number of anilines is 1. The predicted molar refractivity (Wildman–Crippen MR) is 50.3 cm³/mol. The standard InChI is InChI=1S/C8H5N5O/c1-2-4-3-10-6-5(11-4)7(14)13-8(9)12-6/h1,3H,(H3,9,10,12,13,14). The first kappa shape index (κ1) is 8.19. The molecule has 2 aromatic heterocycles. The van der Waals surface area contributed by atoms with E-state index in [9.17, 15) is 4.79 Å². The van der Waals surface area contributed by atoms with Crippen LogP contribution >= 0.6 is 0 Å². The second-order valence-electron chi connectivity index (χ2n) is 2.52. The first-order valence-corrected chi connectivity index (χ1v) is 3.70. The number of nitrogens with two attached hydrogens (primary N) is 1. The fourth-order valence-electron chi connectivity index (χ4n) is 1.00. The third-order valence-electron chi connectivity index (χ3n) is 1.58. The van der Waals surface area contributed by atoms with Gasteiger partial charge in [0.15, 0.2) is 11.2 Å². The summed E-state index contributed by atoms with van der Waals surface area (Å²) < 4.78 is 0. The summed E-state index contributed by atoms with van der Waals surface area (Å²) >= 11 is 0. The largest absolute Gasteiger partial charge is 0.369 e. The Bertz CT molecular complexity index is 595. The van der Waals surface area contributed by atoms with E-state index in [4.69, 9.17) is 12.2 Å². The Balaban J connectivity index is 2.91. The van der Waals surface area contributed by atoms with Crippen molar-refractivity contribution in [3.05, 3.63) is 22.2 Å². The number of fused-ring (bicyclic) bond motifs is 1. The molecule has 0 amide bonds. The summed E-state index contributed by atoms with van der Waals surface area (Å²) in [6.07, 6.45) is 6.47. The molecule has 0 atom stereocenters. The lowest BCUT2D eigenvalue weighted by Crippen LogP contribution is -2.13. The number of rotatable bonds is 0. The van der Waals surface area contributed by atoms with Crippen molar-refractivity contribution in [1.82, 2.24) is 19.9 Å². The molecule has 0 saturated carbocycles. The lowest BCUT2D eigenvalue weighted by molar-refractivity contribution is 1.12. The highest BCUT2D eigenvalue weighted by molar-refractivity contribution is 5.69. The Hall–Kier alpha value is -2.42. The van der Waals surface area contributed by atoms with Crippen molar-refractivity contribution in [2.75, 3.05) is 5.73 Å². The van der Waals surface area contributed by atoms with E-state index in [0.29, 0.717) is 0 Å². The lowest BCUT2D eigenvalue weighted by Gasteiger charge is -1.96. The highest BCUT2D eigenvalue weighted by Gasteiger charge is 2.04. The number of hydrogen-bond acceptors (Lipinski definition) is 5. The van der Waals surface area contributed by atoms with Crippen molar-refractivity contribution in [2.45, 2.75) is 0 Å². The summed E-state index contributed by atoms with van der Waals surface area (Å²) in [5.41, 5.74) is 5.44. The van der Waals surface area contributed by atoms with Crippen molar-refractivity contribution < 1.29 is 0 Å². The van der Waals surface area contributed by atoms with Crippen LogP contribution < -0.4 is 11.3 Å². The van der Waals surface area contributed by atoms with Crippen LogP contribution in [0.25, 0.3) is 11.2 Å². The number of nitrogens with one attached hydrogen (secondary N) is 1. The maximum atomic E-state index is 11.3. The van der Waals surface area contributed by atoms with Gasteiger partial charge in [-0.15, -0.1) is 6.42 Å². The number of nitrogens with zero attached hydrogens (tertiary/aromatic N) is 3. The van der Waals surface area contributed by atoms with Crippen LogP contribution in [-0.2, 0) is 0 Å². The van der Waals surface area contributed by atoms with Gasteiger partial charge >= 0.3 is 0 Å². The minimum Gasteiger partial charge on any atom is -0.369 e. The van der Waals surface area contributed by atoms with Gasteiger partial charge in [-0.1, -0.05) is 0 Å². The molecule has 0 radical (unpaired) electrons. The van der Waals surface area contributed by atoms with Crippen LogP contribution in [0.4, 0.5) is 5.95 Å². The first-order valence-electron chi connectivity index (χ1n) is 3.70. The van der Waals surface area contributed by atoms with E-state index in [2.05, 4.69) is 25.9 Å². The number of aromatic nitrogens is 4. The number of H-pyrrole nitrogens is 1. The molecule has 6 nitrogen and oxygen atoms in total. The molecule has 2 heterocycles. The third kappa shape index (κ3) is 1.17. The summed E-state index contributed by atoms with van der Waals surface area (Å²) in [7, 11) is 0. The van der Waals surface area contributed by atoms with E-state index in [1.807, 2.05) is 0 Å². The average molecular weight is 187 g/mol. The summed E-state index contributed by atoms with van der Waals surface area (Å²) in [5, 5.41) is 0. The lowest BCUT2D eigenvalue weighted by atomic mass is 10.4. The van der Waals surface area contributed by atoms with E-state index in [0.717, 1.165) is 0 Å². The molecular weight excluding hydrogens is 182 g/mol. The van der Waals surface area contributed by atoms with Crippen LogP contribution in [0, 0.1) is 12.3 Å². The molecule has 2 aromatic rings. The minimum absolute atomic E-state index is 0.00487. The fourth-order valence-corrected chi connectivity index (χ4v) is 1.00. The molecule has 0 aliphatic carbocycles. The first-order chi connectivity index (χ1) is 6.70. The average Bonchev–Trinajstić information content (AvgIpc) is 2.17. The van der Waals surface area contributed by atoms with Crippen molar-refractivity contribution >= 4 is 17.1 Å². The number of terminal acetylenes is 1. The zero-order chi connectivity index (χ0) is 10.1. The van der Waals surface area contributed by atoms with E-state index in [1.165, 1.54) is 6.20 Å². The number of hydrogen-bond donors (Lipinski definition) is 2. The van der Waals surface area contributed by atoms with Crippen molar-refractivity contribution in [2.24, 2.45) is 0 Å². The molecule has 68 valence electrons. The second-order valence-corrected chi connectivity index (χ2v) is 2.52. The smallest absolute Gasteiger partial charge is 0.280 e. The summed E-state index contributed by atoms with van der Waals surface area (Å²) in [4.78, 5) is 25.1. The Morgan fingerprint density at radius 3 is 3.00 bits per heavy atom. The molecule has 14 heavy (non-hydrogen) atoms. The summed E-state index contributed by atoms with van der Waals surface area (Å²) in [6.45, 7) is 0. The minimum atomic E-state index is -0.447. The van der Waals surface area contributed by atoms with Gasteiger partial charge in [0.2, 0.25) is 5.95 Å². The van der Waals surface area contributed by atoms with Gasteiger partial charge in [0.05, 0.1) is 6.20 Å². The quantitative estimate of drug-likeness (QED) is 0.530. The van der Waals surface area contributed by atoms with E-state index in [1.54, 1.807) is 0 Å². The van der Waals surface area contributed by atoms with Crippen LogP contribution in [-0.4, -0.2) is 19.9 Å². The normalized spacial score (nSPS) is 9.93. The zero-order valence-electron chi connectivity index (χ0n) is 6.98. The van der Waals surface area contributed by atoms with Gasteiger partial charge < -0.3 is 5.73 Å². The van der Waals surface area contributed by atoms with Gasteiger partial charge in [-0.2, -0.15) is 4.98 Å². The predicted octanol–water partition coefficient (Wildman–Crippen LogP) is -0.723. The third-order valence-corrected chi connectivity index (χ3v) is 1.58. The second kappa shape index (κ2) is 2.81. The monoisotopic (exact) mass is 187 g/mol. The highest BCUT2D eigenvalue weighted by atomic mass is 16.1. The Labute approximate surface area is 78.2 Å². The zero-order valence-corrected chi connectivity index (χ0v) is 6.98. The Morgan fingerprint density at radius 2 is 2.29 bits per heavy atom. The molecule has 0 aromatic carbocycles. The fraction of sp³-hybridized carbons (Fsp3) is 0. The summed E-state index contributed by atoms with van der Waals surface area (Å²) in [5.74, 6) is 2.28. The van der Waals surface area contributed by atoms with Crippen LogP contribution in [0.15, 0.2) is 11.0 Å². The molecule has 6 heteroatoms. The number of aromatic amines is 1. The van der Waals surface area contributed by atoms with Crippen LogP contribution in [0.1, 0.15) is 5.69 Å². The van der Waals surface area contributed by atoms with Gasteiger partial charge in [-0.3, -0.25) is 9.78 Å². The molecule has 0 fully saturated rings. The highest BCUT2D eigenvalue weighted by Crippen LogP contribution is 2.01. The molecule has 0 spiro atoms.